The summed E-state index contributed by atoms with van der Waals surface area (Å²) in [6.07, 6.45) is 1.51. The van der Waals surface area contributed by atoms with Gasteiger partial charge >= 0.3 is 0 Å². The highest BCUT2D eigenvalue weighted by atomic mass is 19.1. The molecule has 0 aliphatic carbocycles. The molecule has 100 valence electrons. The van der Waals surface area contributed by atoms with Gasteiger partial charge < -0.3 is 9.51 Å². The first kappa shape index (κ1) is 12.3. The highest BCUT2D eigenvalue weighted by Crippen LogP contribution is 2.21. The molecule has 20 heavy (non-hydrogen) atoms. The maximum absolute atomic E-state index is 13.5. The van der Waals surface area contributed by atoms with Crippen molar-refractivity contribution >= 4 is 0 Å². The van der Waals surface area contributed by atoms with Gasteiger partial charge in [-0.25, -0.2) is 4.39 Å². The number of benzene rings is 1. The second kappa shape index (κ2) is 4.73. The van der Waals surface area contributed by atoms with Crippen LogP contribution in [0.1, 0.15) is 5.56 Å². The second-order valence-electron chi connectivity index (χ2n) is 4.30. The first-order valence-corrected chi connectivity index (χ1v) is 5.93. The van der Waals surface area contributed by atoms with Gasteiger partial charge in [-0.15, -0.1) is 0 Å². The number of nitrogens with zero attached hydrogens (tertiary/aromatic N) is 2. The number of halogens is 1. The molecule has 0 spiro atoms. The highest BCUT2D eigenvalue weighted by Gasteiger charge is 2.13. The summed E-state index contributed by atoms with van der Waals surface area (Å²) in [7, 11) is 0. The molecule has 0 unspecified atom stereocenters. The molecule has 1 aromatic carbocycles. The van der Waals surface area contributed by atoms with E-state index in [1.165, 1.54) is 12.3 Å². The minimum absolute atomic E-state index is 0.0998. The summed E-state index contributed by atoms with van der Waals surface area (Å²) < 4.78 is 18.6. The lowest BCUT2D eigenvalue weighted by Crippen LogP contribution is -2.06. The van der Waals surface area contributed by atoms with Crippen molar-refractivity contribution in [3.63, 3.8) is 0 Å². The third-order valence-electron chi connectivity index (χ3n) is 2.90. The van der Waals surface area contributed by atoms with E-state index in [1.54, 1.807) is 31.2 Å². The summed E-state index contributed by atoms with van der Waals surface area (Å²) in [4.78, 5) is 18.3. The summed E-state index contributed by atoms with van der Waals surface area (Å²) in [6, 6.07) is 7.90. The quantitative estimate of drug-likeness (QED) is 0.777. The number of H-pyrrole nitrogens is 1. The van der Waals surface area contributed by atoms with E-state index in [9.17, 15) is 9.18 Å². The number of hydrogen-bond donors (Lipinski definition) is 1. The average Bonchev–Trinajstić information content (AvgIpc) is 2.92. The summed E-state index contributed by atoms with van der Waals surface area (Å²) >= 11 is 0. The molecule has 5 nitrogen and oxygen atoms in total. The van der Waals surface area contributed by atoms with Crippen LogP contribution in [0.25, 0.3) is 22.8 Å². The first-order valence-electron chi connectivity index (χ1n) is 5.93. The molecule has 0 bridgehead atoms. The zero-order valence-corrected chi connectivity index (χ0v) is 10.6. The van der Waals surface area contributed by atoms with Crippen LogP contribution in [0.4, 0.5) is 4.39 Å². The normalized spacial score (nSPS) is 10.7. The van der Waals surface area contributed by atoms with Crippen LogP contribution in [0, 0.1) is 12.7 Å². The molecule has 1 N–H and O–H groups in total. The average molecular weight is 271 g/mol. The van der Waals surface area contributed by atoms with Crippen LogP contribution in [0.2, 0.25) is 0 Å². The number of aryl methyl sites for hydroxylation is 1. The number of hydrogen-bond acceptors (Lipinski definition) is 4. The van der Waals surface area contributed by atoms with E-state index in [0.29, 0.717) is 11.1 Å². The predicted molar refractivity (Wildman–Crippen MR) is 70.5 cm³/mol. The molecule has 2 aromatic heterocycles. The Kier molecular flexibility index (Phi) is 2.90. The van der Waals surface area contributed by atoms with Crippen molar-refractivity contribution in [2.75, 3.05) is 0 Å². The fourth-order valence-corrected chi connectivity index (χ4v) is 1.77. The summed E-state index contributed by atoms with van der Waals surface area (Å²) in [5.74, 6) is -0.00334. The zero-order valence-electron chi connectivity index (χ0n) is 10.6. The van der Waals surface area contributed by atoms with E-state index in [0.717, 1.165) is 0 Å². The molecule has 0 amide bonds. The highest BCUT2D eigenvalue weighted by molar-refractivity contribution is 5.59. The van der Waals surface area contributed by atoms with Crippen LogP contribution in [-0.4, -0.2) is 15.1 Å². The maximum Gasteiger partial charge on any atom is 0.263 e. The van der Waals surface area contributed by atoms with Crippen molar-refractivity contribution < 1.29 is 8.91 Å². The standard InChI is InChI=1S/C14H10FN3O2/c1-8-4-5-9(7-11(8)15)12-17-14(20-18-12)10-3-2-6-16-13(10)19/h2-7H,1H3,(H,16,19). The molecular formula is C14H10FN3O2. The lowest BCUT2D eigenvalue weighted by molar-refractivity contribution is 0.432. The fraction of sp³-hybridized carbons (Fsp3) is 0.0714. The number of nitrogens with one attached hydrogen (secondary N) is 1. The smallest absolute Gasteiger partial charge is 0.263 e. The lowest BCUT2D eigenvalue weighted by atomic mass is 10.1. The number of aromatic amines is 1. The van der Waals surface area contributed by atoms with Gasteiger partial charge in [0.25, 0.3) is 11.4 Å². The first-order chi connectivity index (χ1) is 9.65. The van der Waals surface area contributed by atoms with E-state index in [4.69, 9.17) is 4.52 Å². The second-order valence-corrected chi connectivity index (χ2v) is 4.30. The molecule has 0 saturated carbocycles. The molecule has 0 atom stereocenters. The Hall–Kier alpha value is -2.76. The van der Waals surface area contributed by atoms with E-state index in [2.05, 4.69) is 15.1 Å². The molecule has 0 aliphatic heterocycles. The third-order valence-corrected chi connectivity index (χ3v) is 2.90. The molecule has 0 radical (unpaired) electrons. The molecule has 3 rings (SSSR count). The molecule has 6 heteroatoms. The SMILES string of the molecule is Cc1ccc(-c2noc(-c3ccc[nH]c3=O)n2)cc1F. The molecular weight excluding hydrogens is 261 g/mol. The summed E-state index contributed by atoms with van der Waals surface area (Å²) in [5.41, 5.74) is 0.990. The number of rotatable bonds is 2. The van der Waals surface area contributed by atoms with Crippen LogP contribution >= 0.6 is 0 Å². The Labute approximate surface area is 113 Å². The van der Waals surface area contributed by atoms with E-state index < -0.39 is 0 Å². The van der Waals surface area contributed by atoms with Crippen molar-refractivity contribution in [3.8, 4) is 22.8 Å². The van der Waals surface area contributed by atoms with Crippen LogP contribution in [-0.2, 0) is 0 Å². The fourth-order valence-electron chi connectivity index (χ4n) is 1.77. The van der Waals surface area contributed by atoms with Crippen molar-refractivity contribution in [3.05, 3.63) is 58.3 Å². The van der Waals surface area contributed by atoms with Crippen molar-refractivity contribution in [2.24, 2.45) is 0 Å². The number of aromatic nitrogens is 3. The van der Waals surface area contributed by atoms with Crippen molar-refractivity contribution in [2.45, 2.75) is 6.92 Å². The predicted octanol–water partition coefficient (Wildman–Crippen LogP) is 2.54. The van der Waals surface area contributed by atoms with Gasteiger partial charge in [0.05, 0.1) is 0 Å². The van der Waals surface area contributed by atoms with Crippen molar-refractivity contribution in [1.82, 2.24) is 15.1 Å². The van der Waals surface area contributed by atoms with Crippen molar-refractivity contribution in [1.29, 1.82) is 0 Å². The van der Waals surface area contributed by atoms with Gasteiger partial charge in [-0.2, -0.15) is 4.98 Å². The van der Waals surface area contributed by atoms with Crippen LogP contribution in [0.5, 0.6) is 0 Å². The Morgan fingerprint density at radius 1 is 1.30 bits per heavy atom. The van der Waals surface area contributed by atoms with Gasteiger partial charge in [-0.3, -0.25) is 4.79 Å². The summed E-state index contributed by atoms with van der Waals surface area (Å²) in [6.45, 7) is 1.67. The van der Waals surface area contributed by atoms with E-state index in [1.807, 2.05) is 0 Å². The topological polar surface area (TPSA) is 71.8 Å². The van der Waals surface area contributed by atoms with Gasteiger partial charge in [0, 0.05) is 11.8 Å². The molecule has 0 saturated heterocycles. The van der Waals surface area contributed by atoms with Gasteiger partial charge in [0.1, 0.15) is 11.4 Å². The monoisotopic (exact) mass is 271 g/mol. The van der Waals surface area contributed by atoms with E-state index >= 15 is 0 Å². The third kappa shape index (κ3) is 2.11. The molecule has 3 aromatic rings. The molecule has 0 aliphatic rings. The maximum atomic E-state index is 13.5. The molecule has 2 heterocycles. The largest absolute Gasteiger partial charge is 0.333 e. The van der Waals surface area contributed by atoms with Gasteiger partial charge in [-0.1, -0.05) is 17.3 Å². The summed E-state index contributed by atoms with van der Waals surface area (Å²) in [5, 5.41) is 3.77. The van der Waals surface area contributed by atoms with Gasteiger partial charge in [0.15, 0.2) is 0 Å². The van der Waals surface area contributed by atoms with Gasteiger partial charge in [0.2, 0.25) is 5.82 Å². The Morgan fingerprint density at radius 2 is 2.15 bits per heavy atom. The minimum Gasteiger partial charge on any atom is -0.333 e. The number of pyridine rings is 1. The van der Waals surface area contributed by atoms with Gasteiger partial charge in [-0.05, 0) is 30.7 Å². The lowest BCUT2D eigenvalue weighted by Gasteiger charge is -1.97. The van der Waals surface area contributed by atoms with E-state index in [-0.39, 0.29) is 28.7 Å². The zero-order chi connectivity index (χ0) is 14.1. The Balaban J connectivity index is 2.04. The van der Waals surface area contributed by atoms with Crippen LogP contribution in [0.3, 0.4) is 0 Å². The molecule has 0 fully saturated rings. The Bertz CT molecular complexity index is 823. The Morgan fingerprint density at radius 3 is 2.90 bits per heavy atom. The minimum atomic E-state index is -0.341. The van der Waals surface area contributed by atoms with Crippen LogP contribution < -0.4 is 5.56 Å². The van der Waals surface area contributed by atoms with Crippen LogP contribution in [0.15, 0.2) is 45.8 Å².